The van der Waals surface area contributed by atoms with E-state index in [1.807, 2.05) is 0 Å². The molecule has 0 rings (SSSR count). The van der Waals surface area contributed by atoms with Crippen LogP contribution in [0, 0.1) is 0 Å². The van der Waals surface area contributed by atoms with E-state index in [4.69, 9.17) is 4.52 Å². The van der Waals surface area contributed by atoms with Crippen LogP contribution in [0.15, 0.2) is 24.3 Å². The maximum Gasteiger partial charge on any atom is 0.472 e. The average molecular weight is 534 g/mol. The van der Waals surface area contributed by atoms with Gasteiger partial charge in [-0.1, -0.05) is 69.8 Å². The van der Waals surface area contributed by atoms with Crippen molar-refractivity contribution in [1.29, 1.82) is 0 Å². The van der Waals surface area contributed by atoms with E-state index in [1.54, 1.807) is 0 Å². The number of aliphatic hydroxyl groups excluding tert-OH is 1. The highest BCUT2D eigenvalue weighted by atomic mass is 31.2. The standard InChI is InChI=1S/C26H48NO8P/c1-3-4-5-6-7-8-9-10-11-12-13-14-15-16-17-18-19-26(30)27-20-21-34-36(31,32)35-23-25(29)22-33-24(2)28/h8-9,11-12,25,29H,3-7,10,13-23H2,1-2H3,(H,27,30)(H,31,32)/b9-8-,12-11-. The summed E-state index contributed by atoms with van der Waals surface area (Å²) < 4.78 is 25.6. The predicted octanol–water partition coefficient (Wildman–Crippen LogP) is 5.36. The Morgan fingerprint density at radius 1 is 0.889 bits per heavy atom. The second kappa shape index (κ2) is 23.9. The fourth-order valence-electron chi connectivity index (χ4n) is 3.19. The molecule has 210 valence electrons. The van der Waals surface area contributed by atoms with Gasteiger partial charge in [0.05, 0.1) is 13.2 Å². The predicted molar refractivity (Wildman–Crippen MR) is 141 cm³/mol. The van der Waals surface area contributed by atoms with Crippen molar-refractivity contribution in [2.75, 3.05) is 26.4 Å². The molecule has 1 amide bonds. The Bertz CT molecular complexity index is 668. The van der Waals surface area contributed by atoms with Gasteiger partial charge in [-0.25, -0.2) is 4.57 Å². The van der Waals surface area contributed by atoms with Crippen molar-refractivity contribution in [3.63, 3.8) is 0 Å². The maximum atomic E-state index is 11.8. The second-order valence-corrected chi connectivity index (χ2v) is 10.2. The molecule has 0 fully saturated rings. The largest absolute Gasteiger partial charge is 0.472 e. The third-order valence-corrected chi connectivity index (χ3v) is 6.18. The van der Waals surface area contributed by atoms with Crippen LogP contribution in [0.3, 0.4) is 0 Å². The van der Waals surface area contributed by atoms with E-state index in [-0.39, 0.29) is 25.7 Å². The Hall–Kier alpha value is -1.51. The van der Waals surface area contributed by atoms with Crippen molar-refractivity contribution in [3.8, 4) is 0 Å². The van der Waals surface area contributed by atoms with Crippen LogP contribution in [-0.2, 0) is 27.9 Å². The first-order chi connectivity index (χ1) is 17.3. The molecule has 0 aromatic rings. The van der Waals surface area contributed by atoms with Crippen molar-refractivity contribution in [3.05, 3.63) is 24.3 Å². The Morgan fingerprint density at radius 3 is 2.14 bits per heavy atom. The number of allylic oxidation sites excluding steroid dienone is 4. The monoisotopic (exact) mass is 533 g/mol. The molecule has 0 spiro atoms. The van der Waals surface area contributed by atoms with Gasteiger partial charge in [0, 0.05) is 19.9 Å². The van der Waals surface area contributed by atoms with Crippen LogP contribution < -0.4 is 5.32 Å². The van der Waals surface area contributed by atoms with Crippen molar-refractivity contribution in [2.45, 2.75) is 103 Å². The highest BCUT2D eigenvalue weighted by molar-refractivity contribution is 7.47. The molecule has 36 heavy (non-hydrogen) atoms. The Kier molecular flexibility index (Phi) is 22.9. The number of hydrogen-bond acceptors (Lipinski definition) is 7. The van der Waals surface area contributed by atoms with Gasteiger partial charge in [-0.2, -0.15) is 0 Å². The summed E-state index contributed by atoms with van der Waals surface area (Å²) >= 11 is 0. The molecule has 0 aliphatic heterocycles. The third-order valence-electron chi connectivity index (χ3n) is 5.19. The van der Waals surface area contributed by atoms with Gasteiger partial charge in [-0.05, 0) is 38.5 Å². The molecular weight excluding hydrogens is 485 g/mol. The number of amides is 1. The molecular formula is C26H48NO8P. The number of aliphatic hydroxyl groups is 1. The number of nitrogens with one attached hydrogen (secondary N) is 1. The average Bonchev–Trinajstić information content (AvgIpc) is 2.84. The zero-order valence-electron chi connectivity index (χ0n) is 22.2. The van der Waals surface area contributed by atoms with Gasteiger partial charge in [0.15, 0.2) is 0 Å². The van der Waals surface area contributed by atoms with Crippen molar-refractivity contribution < 1.29 is 37.9 Å². The van der Waals surface area contributed by atoms with Gasteiger partial charge in [-0.15, -0.1) is 0 Å². The lowest BCUT2D eigenvalue weighted by Crippen LogP contribution is -2.27. The molecule has 2 atom stereocenters. The summed E-state index contributed by atoms with van der Waals surface area (Å²) in [4.78, 5) is 32.0. The molecule has 0 saturated carbocycles. The fourth-order valence-corrected chi connectivity index (χ4v) is 3.95. The smallest absolute Gasteiger partial charge is 0.463 e. The minimum atomic E-state index is -4.37. The van der Waals surface area contributed by atoms with Crippen LogP contribution in [0.5, 0.6) is 0 Å². The van der Waals surface area contributed by atoms with Gasteiger partial charge in [0.2, 0.25) is 5.91 Å². The first-order valence-electron chi connectivity index (χ1n) is 13.3. The number of phosphoric ester groups is 1. The summed E-state index contributed by atoms with van der Waals surface area (Å²) in [5.41, 5.74) is 0. The van der Waals surface area contributed by atoms with Gasteiger partial charge in [-0.3, -0.25) is 18.6 Å². The normalized spacial score (nSPS) is 14.2. The van der Waals surface area contributed by atoms with E-state index in [9.17, 15) is 24.2 Å². The lowest BCUT2D eigenvalue weighted by atomic mass is 10.1. The zero-order valence-corrected chi connectivity index (χ0v) is 23.1. The molecule has 0 bridgehead atoms. The number of unbranched alkanes of at least 4 members (excludes halogenated alkanes) is 9. The summed E-state index contributed by atoms with van der Waals surface area (Å²) in [7, 11) is -4.37. The van der Waals surface area contributed by atoms with Crippen LogP contribution in [-0.4, -0.2) is 54.3 Å². The molecule has 3 N–H and O–H groups in total. The third kappa shape index (κ3) is 25.6. The molecule has 9 nitrogen and oxygen atoms in total. The highest BCUT2D eigenvalue weighted by Crippen LogP contribution is 2.42. The van der Waals surface area contributed by atoms with Crippen LogP contribution in [0.25, 0.3) is 0 Å². The van der Waals surface area contributed by atoms with E-state index in [1.165, 1.54) is 39.0 Å². The maximum absolute atomic E-state index is 11.8. The fraction of sp³-hybridized carbons (Fsp3) is 0.769. The molecule has 10 heteroatoms. The molecule has 0 aromatic carbocycles. The van der Waals surface area contributed by atoms with Gasteiger partial charge in [0.1, 0.15) is 12.7 Å². The molecule has 0 radical (unpaired) electrons. The number of esters is 1. The number of phosphoric acid groups is 1. The molecule has 0 heterocycles. The lowest BCUT2D eigenvalue weighted by Gasteiger charge is -2.15. The molecule has 0 aromatic heterocycles. The molecule has 2 unspecified atom stereocenters. The van der Waals surface area contributed by atoms with Crippen LogP contribution in [0.4, 0.5) is 0 Å². The molecule has 0 saturated heterocycles. The number of hydrogen-bond donors (Lipinski definition) is 3. The number of ether oxygens (including phenoxy) is 1. The van der Waals surface area contributed by atoms with Crippen molar-refractivity contribution >= 4 is 19.7 Å². The Labute approximate surface area is 217 Å². The number of rotatable bonds is 24. The zero-order chi connectivity index (χ0) is 26.9. The van der Waals surface area contributed by atoms with Gasteiger partial charge < -0.3 is 20.1 Å². The summed E-state index contributed by atoms with van der Waals surface area (Å²) in [5, 5.41) is 12.1. The first kappa shape index (κ1) is 34.5. The SMILES string of the molecule is CCCCCC/C=C\C/C=C\CCCCCCCC(=O)NCCOP(=O)(O)OCC(O)COC(C)=O. The van der Waals surface area contributed by atoms with Crippen LogP contribution in [0.1, 0.15) is 97.3 Å². The topological polar surface area (TPSA) is 131 Å². The van der Waals surface area contributed by atoms with Crippen molar-refractivity contribution in [1.82, 2.24) is 5.32 Å². The summed E-state index contributed by atoms with van der Waals surface area (Å²) in [5.74, 6) is -0.714. The number of carbonyl (C=O) groups is 2. The van der Waals surface area contributed by atoms with E-state index in [0.29, 0.717) is 6.42 Å². The minimum absolute atomic E-state index is 0.0725. The van der Waals surface area contributed by atoms with Crippen LogP contribution >= 0.6 is 7.82 Å². The second-order valence-electron chi connectivity index (χ2n) is 8.74. The molecule has 0 aliphatic carbocycles. The summed E-state index contributed by atoms with van der Waals surface area (Å²) in [6, 6.07) is 0. The molecule has 0 aliphatic rings. The Morgan fingerprint density at radius 2 is 1.50 bits per heavy atom. The van der Waals surface area contributed by atoms with E-state index in [0.717, 1.165) is 44.9 Å². The van der Waals surface area contributed by atoms with Crippen molar-refractivity contribution in [2.24, 2.45) is 0 Å². The van der Waals surface area contributed by atoms with Gasteiger partial charge >= 0.3 is 13.8 Å². The van der Waals surface area contributed by atoms with Gasteiger partial charge in [0.25, 0.3) is 0 Å². The van der Waals surface area contributed by atoms with Crippen LogP contribution in [0.2, 0.25) is 0 Å². The summed E-state index contributed by atoms with van der Waals surface area (Å²) in [6.07, 6.45) is 21.9. The lowest BCUT2D eigenvalue weighted by molar-refractivity contribution is -0.144. The first-order valence-corrected chi connectivity index (χ1v) is 14.8. The summed E-state index contributed by atoms with van der Waals surface area (Å²) in [6.45, 7) is 2.40. The number of carbonyl (C=O) groups excluding carboxylic acids is 2. The Balaban J connectivity index is 3.56. The highest BCUT2D eigenvalue weighted by Gasteiger charge is 2.23. The van der Waals surface area contributed by atoms with E-state index in [2.05, 4.69) is 45.8 Å². The minimum Gasteiger partial charge on any atom is -0.463 e. The quantitative estimate of drug-likeness (QED) is 0.0654. The van der Waals surface area contributed by atoms with E-state index < -0.39 is 26.5 Å². The van der Waals surface area contributed by atoms with E-state index >= 15 is 0 Å².